The monoisotopic (exact) mass is 358 g/mol. The summed E-state index contributed by atoms with van der Waals surface area (Å²) in [5.41, 5.74) is 2.75. The third-order valence-electron chi connectivity index (χ3n) is 4.88. The minimum atomic E-state index is -0.0467. The molecule has 0 radical (unpaired) electrons. The molecule has 27 heavy (non-hydrogen) atoms. The average molecular weight is 358 g/mol. The minimum Gasteiger partial charge on any atom is -0.354 e. The zero-order valence-corrected chi connectivity index (χ0v) is 15.1. The predicted molar refractivity (Wildman–Crippen MR) is 107 cm³/mol. The molecule has 1 N–H and O–H groups in total. The van der Waals surface area contributed by atoms with E-state index in [2.05, 4.69) is 20.4 Å². The van der Waals surface area contributed by atoms with Crippen LogP contribution in [0.1, 0.15) is 12.8 Å². The van der Waals surface area contributed by atoms with Crippen LogP contribution in [0.25, 0.3) is 11.3 Å². The fourth-order valence-corrected chi connectivity index (χ4v) is 3.42. The van der Waals surface area contributed by atoms with Crippen LogP contribution in [0.2, 0.25) is 0 Å². The maximum atomic E-state index is 12.6. The van der Waals surface area contributed by atoms with E-state index < -0.39 is 0 Å². The van der Waals surface area contributed by atoms with Gasteiger partial charge in [-0.1, -0.05) is 48.5 Å². The first-order valence-corrected chi connectivity index (χ1v) is 9.29. The molecule has 5 heteroatoms. The average Bonchev–Trinajstić information content (AvgIpc) is 2.75. The number of carbonyl (C=O) groups excluding carboxylic acids is 1. The van der Waals surface area contributed by atoms with Crippen LogP contribution >= 0.6 is 0 Å². The van der Waals surface area contributed by atoms with Gasteiger partial charge in [0, 0.05) is 24.3 Å². The topological polar surface area (TPSA) is 58.1 Å². The molecule has 4 rings (SSSR count). The Morgan fingerprint density at radius 3 is 2.37 bits per heavy atom. The summed E-state index contributed by atoms with van der Waals surface area (Å²) >= 11 is 0. The molecule has 0 unspecified atom stereocenters. The van der Waals surface area contributed by atoms with Gasteiger partial charge >= 0.3 is 0 Å². The van der Waals surface area contributed by atoms with Crippen molar-refractivity contribution in [2.24, 2.45) is 5.92 Å². The smallest absolute Gasteiger partial charge is 0.229 e. The SMILES string of the molecule is O=C(Nc1ccccc1)[C@@H]1CCCN(c2ccc(-c3ccccc3)nn2)C1. The highest BCUT2D eigenvalue weighted by Gasteiger charge is 2.26. The summed E-state index contributed by atoms with van der Waals surface area (Å²) in [5, 5.41) is 11.8. The Balaban J connectivity index is 1.43. The number of nitrogens with zero attached hydrogens (tertiary/aromatic N) is 3. The lowest BCUT2D eigenvalue weighted by Gasteiger charge is -2.32. The van der Waals surface area contributed by atoms with Crippen molar-refractivity contribution in [3.05, 3.63) is 72.8 Å². The van der Waals surface area contributed by atoms with Crippen LogP contribution in [0.5, 0.6) is 0 Å². The summed E-state index contributed by atoms with van der Waals surface area (Å²) in [6.45, 7) is 1.56. The van der Waals surface area contributed by atoms with Crippen LogP contribution in [0.15, 0.2) is 72.8 Å². The number of benzene rings is 2. The Morgan fingerprint density at radius 1 is 0.926 bits per heavy atom. The van der Waals surface area contributed by atoms with Gasteiger partial charge in [-0.05, 0) is 37.1 Å². The summed E-state index contributed by atoms with van der Waals surface area (Å²) in [6.07, 6.45) is 1.86. The van der Waals surface area contributed by atoms with E-state index >= 15 is 0 Å². The number of carbonyl (C=O) groups is 1. The number of anilines is 2. The normalized spacial score (nSPS) is 16.7. The first kappa shape index (κ1) is 17.2. The second kappa shape index (κ2) is 7.99. The predicted octanol–water partition coefficient (Wildman–Crippen LogP) is 4.00. The summed E-state index contributed by atoms with van der Waals surface area (Å²) in [4.78, 5) is 14.8. The van der Waals surface area contributed by atoms with Crippen molar-refractivity contribution in [2.75, 3.05) is 23.3 Å². The summed E-state index contributed by atoms with van der Waals surface area (Å²) in [6, 6.07) is 23.6. The second-order valence-electron chi connectivity index (χ2n) is 6.78. The van der Waals surface area contributed by atoms with Gasteiger partial charge in [-0.3, -0.25) is 4.79 Å². The van der Waals surface area contributed by atoms with E-state index in [0.717, 1.165) is 42.1 Å². The van der Waals surface area contributed by atoms with Crippen molar-refractivity contribution in [1.29, 1.82) is 0 Å². The molecule has 5 nitrogen and oxygen atoms in total. The molecule has 0 spiro atoms. The molecular formula is C22H22N4O. The number of nitrogens with one attached hydrogen (secondary N) is 1. The fraction of sp³-hybridized carbons (Fsp3) is 0.227. The quantitative estimate of drug-likeness (QED) is 0.766. The zero-order valence-electron chi connectivity index (χ0n) is 15.1. The van der Waals surface area contributed by atoms with Crippen molar-refractivity contribution in [2.45, 2.75) is 12.8 Å². The molecule has 0 aliphatic carbocycles. The first-order chi connectivity index (χ1) is 13.3. The fourth-order valence-electron chi connectivity index (χ4n) is 3.42. The van der Waals surface area contributed by atoms with E-state index in [9.17, 15) is 4.79 Å². The van der Waals surface area contributed by atoms with E-state index in [1.54, 1.807) is 0 Å². The summed E-state index contributed by atoms with van der Waals surface area (Å²) in [7, 11) is 0. The highest BCUT2D eigenvalue weighted by atomic mass is 16.1. The molecule has 3 aromatic rings. The van der Waals surface area contributed by atoms with Gasteiger partial charge in [0.05, 0.1) is 11.6 Å². The van der Waals surface area contributed by atoms with E-state index in [1.165, 1.54) is 0 Å². The molecule has 1 fully saturated rings. The van der Waals surface area contributed by atoms with Gasteiger partial charge in [0.2, 0.25) is 5.91 Å². The van der Waals surface area contributed by atoms with Crippen LogP contribution in [0, 0.1) is 5.92 Å². The second-order valence-corrected chi connectivity index (χ2v) is 6.78. The molecule has 1 aromatic heterocycles. The molecule has 2 aromatic carbocycles. The molecule has 1 saturated heterocycles. The minimum absolute atomic E-state index is 0.0467. The van der Waals surface area contributed by atoms with Crippen molar-refractivity contribution < 1.29 is 4.79 Å². The Bertz CT molecular complexity index is 881. The highest BCUT2D eigenvalue weighted by Crippen LogP contribution is 2.24. The number of amides is 1. The van der Waals surface area contributed by atoms with Crippen molar-refractivity contribution in [3.63, 3.8) is 0 Å². The lowest BCUT2D eigenvalue weighted by molar-refractivity contribution is -0.120. The van der Waals surface area contributed by atoms with Gasteiger partial charge in [0.15, 0.2) is 5.82 Å². The van der Waals surface area contributed by atoms with E-state index in [-0.39, 0.29) is 11.8 Å². The largest absolute Gasteiger partial charge is 0.354 e. The van der Waals surface area contributed by atoms with Gasteiger partial charge in [-0.2, -0.15) is 0 Å². The van der Waals surface area contributed by atoms with E-state index in [0.29, 0.717) is 6.54 Å². The van der Waals surface area contributed by atoms with Gasteiger partial charge in [-0.25, -0.2) is 0 Å². The van der Waals surface area contributed by atoms with Crippen LogP contribution < -0.4 is 10.2 Å². The Morgan fingerprint density at radius 2 is 1.67 bits per heavy atom. The van der Waals surface area contributed by atoms with Crippen LogP contribution in [0.3, 0.4) is 0 Å². The first-order valence-electron chi connectivity index (χ1n) is 9.29. The zero-order chi connectivity index (χ0) is 18.5. The van der Waals surface area contributed by atoms with Crippen molar-refractivity contribution in [1.82, 2.24) is 10.2 Å². The highest BCUT2D eigenvalue weighted by molar-refractivity contribution is 5.93. The Kier molecular flexibility index (Phi) is 5.10. The van der Waals surface area contributed by atoms with Crippen LogP contribution in [-0.4, -0.2) is 29.2 Å². The molecule has 1 aliphatic heterocycles. The van der Waals surface area contributed by atoms with E-state index in [4.69, 9.17) is 0 Å². The van der Waals surface area contributed by atoms with Crippen molar-refractivity contribution in [3.8, 4) is 11.3 Å². The molecule has 1 atom stereocenters. The number of hydrogen-bond acceptors (Lipinski definition) is 4. The molecule has 0 bridgehead atoms. The van der Waals surface area contributed by atoms with Gasteiger partial charge in [0.25, 0.3) is 0 Å². The number of hydrogen-bond donors (Lipinski definition) is 1. The summed E-state index contributed by atoms with van der Waals surface area (Å²) < 4.78 is 0. The molecule has 1 aliphatic rings. The third-order valence-corrected chi connectivity index (χ3v) is 4.88. The summed E-state index contributed by atoms with van der Waals surface area (Å²) in [5.74, 6) is 0.848. The number of para-hydroxylation sites is 1. The number of piperidine rings is 1. The molecule has 2 heterocycles. The maximum Gasteiger partial charge on any atom is 0.229 e. The van der Waals surface area contributed by atoms with Gasteiger partial charge < -0.3 is 10.2 Å². The maximum absolute atomic E-state index is 12.6. The molecule has 1 amide bonds. The number of rotatable bonds is 4. The lowest BCUT2D eigenvalue weighted by Crippen LogP contribution is -2.41. The van der Waals surface area contributed by atoms with Gasteiger partial charge in [-0.15, -0.1) is 10.2 Å². The molecule has 136 valence electrons. The number of aromatic nitrogens is 2. The Hall–Kier alpha value is -3.21. The van der Waals surface area contributed by atoms with Crippen LogP contribution in [0.4, 0.5) is 11.5 Å². The van der Waals surface area contributed by atoms with E-state index in [1.807, 2.05) is 72.8 Å². The van der Waals surface area contributed by atoms with Crippen LogP contribution in [-0.2, 0) is 4.79 Å². The Labute approximate surface area is 159 Å². The molecular weight excluding hydrogens is 336 g/mol. The third kappa shape index (κ3) is 4.14. The van der Waals surface area contributed by atoms with Crippen molar-refractivity contribution >= 4 is 17.4 Å². The van der Waals surface area contributed by atoms with Gasteiger partial charge in [0.1, 0.15) is 0 Å². The lowest BCUT2D eigenvalue weighted by atomic mass is 9.97. The molecule has 0 saturated carbocycles. The standard InChI is InChI=1S/C22H22N4O/c27-22(23-19-11-5-2-6-12-19)18-10-7-15-26(16-18)21-14-13-20(24-25-21)17-8-3-1-4-9-17/h1-6,8-9,11-14,18H,7,10,15-16H2,(H,23,27)/t18-/m1/s1.